The van der Waals surface area contributed by atoms with Crippen molar-refractivity contribution in [2.24, 2.45) is 5.10 Å². The Bertz CT molecular complexity index is 342. The van der Waals surface area contributed by atoms with Crippen LogP contribution < -0.4 is 5.43 Å². The predicted octanol–water partition coefficient (Wildman–Crippen LogP) is 3.97. The van der Waals surface area contributed by atoms with Crippen molar-refractivity contribution in [3.63, 3.8) is 0 Å². The van der Waals surface area contributed by atoms with E-state index in [2.05, 4.69) is 10.5 Å². The Morgan fingerprint density at radius 1 is 1.14 bits per heavy atom. The van der Waals surface area contributed by atoms with Crippen molar-refractivity contribution in [2.45, 2.75) is 0 Å². The van der Waals surface area contributed by atoms with Crippen LogP contribution in [0, 0.1) is 0 Å². The molecule has 0 saturated heterocycles. The van der Waals surface area contributed by atoms with Gasteiger partial charge in [0.1, 0.15) is 4.49 Å². The number of hydrogen-bond donors (Lipinski definition) is 1. The first-order valence-corrected chi connectivity index (χ1v) is 4.88. The Labute approximate surface area is 97.2 Å². The Morgan fingerprint density at radius 2 is 1.79 bits per heavy atom. The Kier molecular flexibility index (Phi) is 4.80. The van der Waals surface area contributed by atoms with Gasteiger partial charge in [-0.3, -0.25) is 5.43 Å². The standard InChI is InChI=1S/C9H7Cl3N2/c10-8(9(11)12)6-13-14-7-4-2-1-3-5-7/h1-6,14H. The van der Waals surface area contributed by atoms with E-state index in [9.17, 15) is 0 Å². The van der Waals surface area contributed by atoms with Gasteiger partial charge in [0.05, 0.1) is 16.9 Å². The van der Waals surface area contributed by atoms with Gasteiger partial charge in [-0.2, -0.15) is 5.10 Å². The maximum atomic E-state index is 5.61. The van der Waals surface area contributed by atoms with Crippen molar-refractivity contribution in [2.75, 3.05) is 5.43 Å². The summed E-state index contributed by atoms with van der Waals surface area (Å²) in [4.78, 5) is 0. The minimum absolute atomic E-state index is 0.00900. The molecule has 1 rings (SSSR count). The molecule has 0 bridgehead atoms. The minimum atomic E-state index is -0.00900. The molecule has 5 heteroatoms. The van der Waals surface area contributed by atoms with Crippen LogP contribution in [0.2, 0.25) is 0 Å². The maximum absolute atomic E-state index is 5.61. The van der Waals surface area contributed by atoms with Gasteiger partial charge in [-0.05, 0) is 12.1 Å². The summed E-state index contributed by atoms with van der Waals surface area (Å²) in [5.41, 5.74) is 3.62. The summed E-state index contributed by atoms with van der Waals surface area (Å²) in [7, 11) is 0. The molecular formula is C9H7Cl3N2. The number of allylic oxidation sites excluding steroid dienone is 1. The summed E-state index contributed by atoms with van der Waals surface area (Å²) in [6.45, 7) is 0. The number of hydrogen-bond acceptors (Lipinski definition) is 2. The molecule has 0 aliphatic rings. The smallest absolute Gasteiger partial charge is 0.127 e. The maximum Gasteiger partial charge on any atom is 0.127 e. The topological polar surface area (TPSA) is 24.4 Å². The van der Waals surface area contributed by atoms with Crippen molar-refractivity contribution >= 4 is 46.7 Å². The quantitative estimate of drug-likeness (QED) is 0.636. The lowest BCUT2D eigenvalue weighted by Crippen LogP contribution is -1.88. The fourth-order valence-corrected chi connectivity index (χ4v) is 0.871. The number of hydrazone groups is 1. The summed E-state index contributed by atoms with van der Waals surface area (Å²) in [5.74, 6) is 0. The van der Waals surface area contributed by atoms with Gasteiger partial charge in [-0.15, -0.1) is 0 Å². The predicted molar refractivity (Wildman–Crippen MR) is 63.1 cm³/mol. The summed E-state index contributed by atoms with van der Waals surface area (Å²) in [6, 6.07) is 9.44. The van der Waals surface area contributed by atoms with E-state index in [1.165, 1.54) is 6.21 Å². The first-order chi connectivity index (χ1) is 6.70. The number of halogens is 3. The third kappa shape index (κ3) is 4.01. The molecule has 0 amide bonds. The van der Waals surface area contributed by atoms with Gasteiger partial charge < -0.3 is 0 Å². The van der Waals surface area contributed by atoms with Crippen LogP contribution in [0.1, 0.15) is 0 Å². The number of rotatable bonds is 3. The average Bonchev–Trinajstić information content (AvgIpc) is 2.19. The molecular weight excluding hydrogens is 242 g/mol. The highest BCUT2D eigenvalue weighted by Gasteiger charge is 1.93. The molecule has 74 valence electrons. The van der Waals surface area contributed by atoms with E-state index in [0.717, 1.165) is 5.69 Å². The SMILES string of the molecule is ClC(Cl)=C(Cl)C=NNc1ccccc1. The van der Waals surface area contributed by atoms with Crippen molar-refractivity contribution in [1.82, 2.24) is 0 Å². The Morgan fingerprint density at radius 3 is 2.36 bits per heavy atom. The number of anilines is 1. The molecule has 0 unspecified atom stereocenters. The lowest BCUT2D eigenvalue weighted by Gasteiger charge is -1.97. The van der Waals surface area contributed by atoms with Crippen molar-refractivity contribution < 1.29 is 0 Å². The van der Waals surface area contributed by atoms with E-state index in [1.807, 2.05) is 30.3 Å². The Hall–Kier alpha value is -0.700. The number of nitrogens with zero attached hydrogens (tertiary/aromatic N) is 1. The molecule has 0 saturated carbocycles. The van der Waals surface area contributed by atoms with Crippen molar-refractivity contribution in [3.05, 3.63) is 39.9 Å². The summed E-state index contributed by atoms with van der Waals surface area (Å²) < 4.78 is -0.00900. The number of nitrogens with one attached hydrogen (secondary N) is 1. The molecule has 0 aromatic heterocycles. The van der Waals surface area contributed by atoms with Crippen LogP contribution in [-0.2, 0) is 0 Å². The van der Waals surface area contributed by atoms with Crippen molar-refractivity contribution in [1.29, 1.82) is 0 Å². The fourth-order valence-electron chi connectivity index (χ4n) is 0.725. The average molecular weight is 250 g/mol. The zero-order valence-corrected chi connectivity index (χ0v) is 9.31. The number of benzene rings is 1. The monoisotopic (exact) mass is 248 g/mol. The van der Waals surface area contributed by atoms with Crippen LogP contribution in [0.25, 0.3) is 0 Å². The van der Waals surface area contributed by atoms with Gasteiger partial charge >= 0.3 is 0 Å². The second-order valence-electron chi connectivity index (χ2n) is 2.34. The van der Waals surface area contributed by atoms with E-state index in [1.54, 1.807) is 0 Å². The van der Waals surface area contributed by atoms with Crippen molar-refractivity contribution in [3.8, 4) is 0 Å². The molecule has 1 aromatic rings. The third-order valence-corrected chi connectivity index (χ3v) is 2.21. The summed E-state index contributed by atoms with van der Waals surface area (Å²) in [5, 5.41) is 4.02. The highest BCUT2D eigenvalue weighted by atomic mass is 35.5. The van der Waals surface area contributed by atoms with Crippen LogP contribution in [0.3, 0.4) is 0 Å². The molecule has 0 atom stereocenters. The van der Waals surface area contributed by atoms with Crippen LogP contribution in [0.15, 0.2) is 45.0 Å². The van der Waals surface area contributed by atoms with Gasteiger partial charge in [0.2, 0.25) is 0 Å². The third-order valence-electron chi connectivity index (χ3n) is 1.33. The molecule has 0 fully saturated rings. The van der Waals surface area contributed by atoms with E-state index in [-0.39, 0.29) is 9.52 Å². The minimum Gasteiger partial charge on any atom is -0.278 e. The molecule has 14 heavy (non-hydrogen) atoms. The zero-order valence-electron chi connectivity index (χ0n) is 7.05. The van der Waals surface area contributed by atoms with Crippen LogP contribution in [-0.4, -0.2) is 6.21 Å². The molecule has 0 aliphatic carbocycles. The van der Waals surface area contributed by atoms with Crippen LogP contribution in [0.5, 0.6) is 0 Å². The molecule has 1 N–H and O–H groups in total. The first kappa shape index (κ1) is 11.4. The molecule has 0 heterocycles. The fraction of sp³-hybridized carbons (Fsp3) is 0. The van der Waals surface area contributed by atoms with Gasteiger partial charge in [0, 0.05) is 0 Å². The van der Waals surface area contributed by atoms with E-state index in [0.29, 0.717) is 0 Å². The highest BCUT2D eigenvalue weighted by molar-refractivity contribution is 6.61. The number of para-hydroxylation sites is 1. The summed E-state index contributed by atoms with van der Waals surface area (Å²) in [6.07, 6.45) is 1.34. The summed E-state index contributed by atoms with van der Waals surface area (Å²) >= 11 is 16.4. The lowest BCUT2D eigenvalue weighted by molar-refractivity contribution is 1.35. The van der Waals surface area contributed by atoms with Gasteiger partial charge in [0.15, 0.2) is 0 Å². The normalized spacial score (nSPS) is 10.2. The highest BCUT2D eigenvalue weighted by Crippen LogP contribution is 2.15. The second kappa shape index (κ2) is 5.91. The molecule has 0 radical (unpaired) electrons. The van der Waals surface area contributed by atoms with Gasteiger partial charge in [-0.1, -0.05) is 53.0 Å². The molecule has 2 nitrogen and oxygen atoms in total. The van der Waals surface area contributed by atoms with Crippen LogP contribution in [0.4, 0.5) is 5.69 Å². The van der Waals surface area contributed by atoms with E-state index in [4.69, 9.17) is 34.8 Å². The molecule has 0 spiro atoms. The van der Waals surface area contributed by atoms with Gasteiger partial charge in [-0.25, -0.2) is 0 Å². The lowest BCUT2D eigenvalue weighted by atomic mass is 10.3. The zero-order chi connectivity index (χ0) is 10.4. The molecule has 1 aromatic carbocycles. The Balaban J connectivity index is 2.54. The van der Waals surface area contributed by atoms with E-state index >= 15 is 0 Å². The molecule has 0 aliphatic heterocycles. The van der Waals surface area contributed by atoms with Gasteiger partial charge in [0.25, 0.3) is 0 Å². The van der Waals surface area contributed by atoms with Crippen LogP contribution >= 0.6 is 34.8 Å². The second-order valence-corrected chi connectivity index (χ2v) is 3.70. The van der Waals surface area contributed by atoms with E-state index < -0.39 is 0 Å². The largest absolute Gasteiger partial charge is 0.278 e. The first-order valence-electron chi connectivity index (χ1n) is 3.75.